The number of hydrogen-bond acceptors (Lipinski definition) is 6. The average molecular weight is 567 g/mol. The zero-order chi connectivity index (χ0) is 29.0. The molecule has 0 atom stereocenters. The Bertz CT molecular complexity index is 2420. The number of hydrogen-bond donors (Lipinski definition) is 0. The highest BCUT2D eigenvalue weighted by molar-refractivity contribution is 6.23. The van der Waals surface area contributed by atoms with Crippen molar-refractivity contribution in [1.29, 1.82) is 0 Å². The Hall–Kier alpha value is -6.14. The first-order chi connectivity index (χ1) is 21.8. The summed E-state index contributed by atoms with van der Waals surface area (Å²) >= 11 is 0. The lowest BCUT2D eigenvalue weighted by atomic mass is 10.0. The van der Waals surface area contributed by atoms with E-state index in [1.165, 1.54) is 0 Å². The summed E-state index contributed by atoms with van der Waals surface area (Å²) in [4.78, 5) is 19.7. The molecule has 5 aromatic carbocycles. The van der Waals surface area contributed by atoms with Crippen LogP contribution in [0.1, 0.15) is 0 Å². The smallest absolute Gasteiger partial charge is 0.165 e. The number of aromatic nitrogens is 4. The standard InChI is InChI=1S/C38H22N4O2/c1-3-11-24(12-4-1)36-40-37(25-13-5-2-6-14-25)42-38(41-36)26-21-19-23(20-22-26)32-34-31(27-15-7-9-17-29(27)43-34)35-33(39-32)28-16-8-10-18-30(28)44-35/h1-22H. The van der Waals surface area contributed by atoms with Crippen LogP contribution in [0.5, 0.6) is 0 Å². The molecule has 0 bridgehead atoms. The molecule has 9 aromatic rings. The summed E-state index contributed by atoms with van der Waals surface area (Å²) in [5.74, 6) is 1.85. The van der Waals surface area contributed by atoms with Gasteiger partial charge >= 0.3 is 0 Å². The van der Waals surface area contributed by atoms with Gasteiger partial charge in [0.2, 0.25) is 0 Å². The molecule has 4 heterocycles. The van der Waals surface area contributed by atoms with Crippen molar-refractivity contribution in [1.82, 2.24) is 19.9 Å². The van der Waals surface area contributed by atoms with Crippen LogP contribution in [0.2, 0.25) is 0 Å². The number of fused-ring (bicyclic) bond motifs is 7. The number of nitrogens with zero attached hydrogens (tertiary/aromatic N) is 4. The first-order valence-electron chi connectivity index (χ1n) is 14.4. The second-order valence-electron chi connectivity index (χ2n) is 10.7. The Labute approximate surface area is 251 Å². The number of pyridine rings is 1. The Balaban J connectivity index is 1.22. The SMILES string of the molecule is c1ccc(-c2nc(-c3ccccc3)nc(-c3ccc(-c4nc5c6ccccc6oc5c5c4oc4ccccc45)cc3)n2)cc1. The predicted octanol–water partition coefficient (Wildman–Crippen LogP) is 9.73. The fraction of sp³-hybridized carbons (Fsp3) is 0. The van der Waals surface area contributed by atoms with E-state index in [4.69, 9.17) is 28.8 Å². The first-order valence-corrected chi connectivity index (χ1v) is 14.4. The van der Waals surface area contributed by atoms with E-state index in [0.717, 1.165) is 66.4 Å². The molecule has 0 saturated heterocycles. The minimum Gasteiger partial charge on any atom is -0.454 e. The molecule has 0 aliphatic rings. The van der Waals surface area contributed by atoms with Gasteiger partial charge < -0.3 is 8.83 Å². The molecule has 206 valence electrons. The summed E-state index contributed by atoms with van der Waals surface area (Å²) in [6, 6.07) is 44.2. The molecular formula is C38H22N4O2. The van der Waals surface area contributed by atoms with E-state index in [2.05, 4.69) is 6.07 Å². The molecule has 0 saturated carbocycles. The molecule has 0 fully saturated rings. The van der Waals surface area contributed by atoms with Gasteiger partial charge in [0.1, 0.15) is 22.4 Å². The summed E-state index contributed by atoms with van der Waals surface area (Å²) in [7, 11) is 0. The number of rotatable bonds is 4. The van der Waals surface area contributed by atoms with Crippen molar-refractivity contribution in [3.05, 3.63) is 133 Å². The lowest BCUT2D eigenvalue weighted by Gasteiger charge is -2.09. The van der Waals surface area contributed by atoms with Crippen LogP contribution in [0.3, 0.4) is 0 Å². The molecule has 6 nitrogen and oxygen atoms in total. The van der Waals surface area contributed by atoms with E-state index in [0.29, 0.717) is 23.1 Å². The molecule has 0 aliphatic heterocycles. The Morgan fingerprint density at radius 2 is 0.818 bits per heavy atom. The van der Waals surface area contributed by atoms with Crippen LogP contribution in [0.15, 0.2) is 142 Å². The maximum Gasteiger partial charge on any atom is 0.165 e. The van der Waals surface area contributed by atoms with Crippen molar-refractivity contribution >= 4 is 44.0 Å². The summed E-state index contributed by atoms with van der Waals surface area (Å²) < 4.78 is 12.8. The minimum absolute atomic E-state index is 0.599. The zero-order valence-corrected chi connectivity index (χ0v) is 23.3. The Morgan fingerprint density at radius 3 is 1.43 bits per heavy atom. The highest BCUT2D eigenvalue weighted by atomic mass is 16.3. The Kier molecular flexibility index (Phi) is 5.40. The normalized spacial score (nSPS) is 11.6. The predicted molar refractivity (Wildman–Crippen MR) is 174 cm³/mol. The van der Waals surface area contributed by atoms with Crippen molar-refractivity contribution < 1.29 is 8.83 Å². The van der Waals surface area contributed by atoms with Crippen LogP contribution >= 0.6 is 0 Å². The Morgan fingerprint density at radius 1 is 0.364 bits per heavy atom. The van der Waals surface area contributed by atoms with Gasteiger partial charge in [0.05, 0.1) is 5.39 Å². The number of furan rings is 2. The molecule has 0 aliphatic carbocycles. The van der Waals surface area contributed by atoms with Crippen molar-refractivity contribution in [2.24, 2.45) is 0 Å². The van der Waals surface area contributed by atoms with Gasteiger partial charge in [-0.3, -0.25) is 0 Å². The average Bonchev–Trinajstić information content (AvgIpc) is 3.67. The van der Waals surface area contributed by atoms with Crippen LogP contribution in [-0.4, -0.2) is 19.9 Å². The summed E-state index contributed by atoms with van der Waals surface area (Å²) in [6.07, 6.45) is 0. The minimum atomic E-state index is 0.599. The van der Waals surface area contributed by atoms with E-state index in [9.17, 15) is 0 Å². The number of benzene rings is 5. The molecule has 44 heavy (non-hydrogen) atoms. The summed E-state index contributed by atoms with van der Waals surface area (Å²) in [5.41, 5.74) is 8.26. The van der Waals surface area contributed by atoms with E-state index in [1.54, 1.807) is 0 Å². The fourth-order valence-corrected chi connectivity index (χ4v) is 5.82. The van der Waals surface area contributed by atoms with E-state index in [1.807, 2.05) is 127 Å². The van der Waals surface area contributed by atoms with E-state index < -0.39 is 0 Å². The van der Waals surface area contributed by atoms with Gasteiger partial charge in [0, 0.05) is 33.0 Å². The van der Waals surface area contributed by atoms with Crippen LogP contribution in [0, 0.1) is 0 Å². The molecule has 6 heteroatoms. The third-order valence-electron chi connectivity index (χ3n) is 7.95. The highest BCUT2D eigenvalue weighted by Crippen LogP contribution is 2.42. The van der Waals surface area contributed by atoms with Gasteiger partial charge in [0.25, 0.3) is 0 Å². The van der Waals surface area contributed by atoms with Gasteiger partial charge in [0.15, 0.2) is 28.6 Å². The maximum absolute atomic E-state index is 6.43. The fourth-order valence-electron chi connectivity index (χ4n) is 5.82. The largest absolute Gasteiger partial charge is 0.454 e. The molecule has 0 unspecified atom stereocenters. The summed E-state index contributed by atoms with van der Waals surface area (Å²) in [5, 5.41) is 2.90. The van der Waals surface area contributed by atoms with Crippen LogP contribution in [0.4, 0.5) is 0 Å². The van der Waals surface area contributed by atoms with E-state index in [-0.39, 0.29) is 0 Å². The quantitative estimate of drug-likeness (QED) is 0.211. The highest BCUT2D eigenvalue weighted by Gasteiger charge is 2.22. The van der Waals surface area contributed by atoms with Gasteiger partial charge in [-0.25, -0.2) is 19.9 Å². The van der Waals surface area contributed by atoms with Crippen molar-refractivity contribution in [3.8, 4) is 45.4 Å². The van der Waals surface area contributed by atoms with Crippen molar-refractivity contribution in [2.75, 3.05) is 0 Å². The van der Waals surface area contributed by atoms with Crippen molar-refractivity contribution in [2.45, 2.75) is 0 Å². The molecule has 4 aromatic heterocycles. The van der Waals surface area contributed by atoms with Crippen molar-refractivity contribution in [3.63, 3.8) is 0 Å². The molecule has 0 radical (unpaired) electrons. The second kappa shape index (κ2) is 9.71. The van der Waals surface area contributed by atoms with Gasteiger partial charge in [-0.2, -0.15) is 0 Å². The monoisotopic (exact) mass is 566 g/mol. The third kappa shape index (κ3) is 3.89. The molecule has 0 N–H and O–H groups in total. The first kappa shape index (κ1) is 24.5. The second-order valence-corrected chi connectivity index (χ2v) is 10.7. The van der Waals surface area contributed by atoms with Crippen LogP contribution < -0.4 is 0 Å². The molecule has 0 amide bonds. The van der Waals surface area contributed by atoms with Crippen LogP contribution in [-0.2, 0) is 0 Å². The number of para-hydroxylation sites is 2. The summed E-state index contributed by atoms with van der Waals surface area (Å²) in [6.45, 7) is 0. The molecular weight excluding hydrogens is 544 g/mol. The zero-order valence-electron chi connectivity index (χ0n) is 23.3. The van der Waals surface area contributed by atoms with Gasteiger partial charge in [-0.15, -0.1) is 0 Å². The topological polar surface area (TPSA) is 77.8 Å². The lowest BCUT2D eigenvalue weighted by molar-refractivity contribution is 0.661. The van der Waals surface area contributed by atoms with Gasteiger partial charge in [-0.05, 0) is 18.2 Å². The maximum atomic E-state index is 6.43. The lowest BCUT2D eigenvalue weighted by Crippen LogP contribution is -2.00. The van der Waals surface area contributed by atoms with Gasteiger partial charge in [-0.1, -0.05) is 115 Å². The molecule has 9 rings (SSSR count). The van der Waals surface area contributed by atoms with Crippen LogP contribution in [0.25, 0.3) is 89.4 Å². The van der Waals surface area contributed by atoms with E-state index >= 15 is 0 Å². The third-order valence-corrected chi connectivity index (χ3v) is 7.95. The molecule has 0 spiro atoms.